The van der Waals surface area contributed by atoms with E-state index in [0.717, 1.165) is 90.0 Å². The van der Waals surface area contributed by atoms with Gasteiger partial charge in [-0.15, -0.1) is 0 Å². The normalized spacial score (nSPS) is 36.6. The maximum Gasteiger partial charge on any atom is 0.222 e. The van der Waals surface area contributed by atoms with Crippen LogP contribution in [0.4, 0.5) is 0 Å². The molecule has 4 saturated carbocycles. The third-order valence-electron chi connectivity index (χ3n) is 15.8. The summed E-state index contributed by atoms with van der Waals surface area (Å²) in [6.07, 6.45) is 39.9. The summed E-state index contributed by atoms with van der Waals surface area (Å²) in [4.78, 5) is 28.1. The van der Waals surface area contributed by atoms with Gasteiger partial charge < -0.3 is 20.4 Å². The first-order valence-corrected chi connectivity index (χ1v) is 23.2. The Bertz CT molecular complexity index is 1400. The van der Waals surface area contributed by atoms with Crippen molar-refractivity contribution in [3.63, 3.8) is 0 Å². The lowest BCUT2D eigenvalue weighted by Crippen LogP contribution is -2.62. The molecule has 0 radical (unpaired) electrons. The molecule has 6 nitrogen and oxygen atoms in total. The van der Waals surface area contributed by atoms with Crippen molar-refractivity contribution in [1.29, 1.82) is 0 Å². The standard InChI is InChI=1S/C50H80N2O4/c1-6-8-9-10-11-12-13-14-15-16-17-18-19-20-21-22-23-24-46(55)52-34-31-38(36-52)51-45(54)28-25-37(3)41-26-27-42-47-43(30-33-49(41,42)4)50(5)32-29-39(53)35-44(50)40(7-2)48(47)56/h8-9,11-12,14-15,17-18,20-21,37-44,47-48,53,56H,6-7,10,13,16,19,22-36H2,1-5H3,(H,51,54)/t37-,38-,39-,40-,41?,42+,43+,44+,47+,48-,49-,50-/m1/s1. The lowest BCUT2D eigenvalue weighted by molar-refractivity contribution is -0.203. The van der Waals surface area contributed by atoms with Crippen LogP contribution in [-0.4, -0.2) is 58.3 Å². The number of amides is 2. The van der Waals surface area contributed by atoms with Crippen LogP contribution in [0.15, 0.2) is 60.8 Å². The first-order chi connectivity index (χ1) is 27.0. The Balaban J connectivity index is 0.966. The fourth-order valence-electron chi connectivity index (χ4n) is 12.8. The monoisotopic (exact) mass is 773 g/mol. The van der Waals surface area contributed by atoms with Gasteiger partial charge in [0.25, 0.3) is 0 Å². The zero-order valence-corrected chi connectivity index (χ0v) is 36.1. The van der Waals surface area contributed by atoms with Gasteiger partial charge in [-0.05, 0) is 155 Å². The Hall–Kier alpha value is -2.44. The molecule has 5 rings (SSSR count). The van der Waals surface area contributed by atoms with Gasteiger partial charge in [-0.2, -0.15) is 0 Å². The van der Waals surface area contributed by atoms with E-state index in [0.29, 0.717) is 54.9 Å². The molecule has 1 saturated heterocycles. The first-order valence-electron chi connectivity index (χ1n) is 23.2. The van der Waals surface area contributed by atoms with Crippen LogP contribution < -0.4 is 5.32 Å². The number of aliphatic hydroxyl groups excluding tert-OH is 2. The average Bonchev–Trinajstić information content (AvgIpc) is 3.80. The molecule has 2 amide bonds. The minimum absolute atomic E-state index is 0.0572. The zero-order valence-electron chi connectivity index (χ0n) is 36.1. The second-order valence-corrected chi connectivity index (χ2v) is 19.1. The van der Waals surface area contributed by atoms with Gasteiger partial charge in [0.05, 0.1) is 12.2 Å². The fraction of sp³-hybridized carbons (Fsp3) is 0.760. The summed E-state index contributed by atoms with van der Waals surface area (Å²) < 4.78 is 0. The molecule has 0 spiro atoms. The van der Waals surface area contributed by atoms with E-state index >= 15 is 0 Å². The molecule has 0 bridgehead atoms. The van der Waals surface area contributed by atoms with Gasteiger partial charge in [0.1, 0.15) is 0 Å². The second kappa shape index (κ2) is 21.5. The van der Waals surface area contributed by atoms with Crippen LogP contribution >= 0.6 is 0 Å². The van der Waals surface area contributed by atoms with Gasteiger partial charge in [0.2, 0.25) is 11.8 Å². The van der Waals surface area contributed by atoms with Crippen LogP contribution in [0, 0.1) is 52.3 Å². The van der Waals surface area contributed by atoms with Crippen LogP contribution in [-0.2, 0) is 9.59 Å². The third-order valence-corrected chi connectivity index (χ3v) is 15.8. The Labute approximate surface area is 341 Å². The third kappa shape index (κ3) is 11.0. The number of carbonyl (C=O) groups excluding carboxylic acids is 2. The number of carbonyl (C=O) groups is 2. The Morgan fingerprint density at radius 2 is 1.39 bits per heavy atom. The lowest BCUT2D eigenvalue weighted by Gasteiger charge is -2.64. The summed E-state index contributed by atoms with van der Waals surface area (Å²) in [5.41, 5.74) is 0.443. The van der Waals surface area contributed by atoms with E-state index < -0.39 is 0 Å². The van der Waals surface area contributed by atoms with E-state index in [2.05, 4.69) is 101 Å². The molecule has 1 aliphatic heterocycles. The molecule has 6 heteroatoms. The van der Waals surface area contributed by atoms with Crippen LogP contribution in [0.5, 0.6) is 0 Å². The second-order valence-electron chi connectivity index (χ2n) is 19.1. The molecular weight excluding hydrogens is 693 g/mol. The van der Waals surface area contributed by atoms with Gasteiger partial charge >= 0.3 is 0 Å². The van der Waals surface area contributed by atoms with Crippen molar-refractivity contribution < 1.29 is 19.8 Å². The molecule has 0 aromatic heterocycles. The van der Waals surface area contributed by atoms with Crippen LogP contribution in [0.2, 0.25) is 0 Å². The minimum Gasteiger partial charge on any atom is -0.393 e. The topological polar surface area (TPSA) is 89.9 Å². The first kappa shape index (κ1) is 44.7. The van der Waals surface area contributed by atoms with E-state index in [9.17, 15) is 19.8 Å². The predicted octanol–water partition coefficient (Wildman–Crippen LogP) is 10.7. The van der Waals surface area contributed by atoms with Gasteiger partial charge in [0, 0.05) is 32.0 Å². The smallest absolute Gasteiger partial charge is 0.222 e. The van der Waals surface area contributed by atoms with Crippen LogP contribution in [0.25, 0.3) is 0 Å². The molecule has 1 heterocycles. The van der Waals surface area contributed by atoms with Crippen molar-refractivity contribution in [2.24, 2.45) is 52.3 Å². The number of likely N-dealkylation sites (tertiary alicyclic amines) is 1. The maximum atomic E-state index is 13.2. The van der Waals surface area contributed by atoms with E-state index in [-0.39, 0.29) is 46.8 Å². The number of hydrogen-bond acceptors (Lipinski definition) is 4. The minimum atomic E-state index is -0.264. The summed E-state index contributed by atoms with van der Waals surface area (Å²) in [5.74, 6) is 3.57. The van der Waals surface area contributed by atoms with Crippen LogP contribution in [0.3, 0.4) is 0 Å². The number of unbranched alkanes of at least 4 members (excludes halogenated alkanes) is 1. The van der Waals surface area contributed by atoms with Gasteiger partial charge in [-0.25, -0.2) is 0 Å². The highest BCUT2D eigenvalue weighted by Crippen LogP contribution is 2.69. The van der Waals surface area contributed by atoms with Crippen molar-refractivity contribution in [3.05, 3.63) is 60.8 Å². The predicted molar refractivity (Wildman–Crippen MR) is 232 cm³/mol. The van der Waals surface area contributed by atoms with E-state index in [1.165, 1.54) is 25.7 Å². The molecule has 3 N–H and O–H groups in total. The summed E-state index contributed by atoms with van der Waals surface area (Å²) in [5, 5.41) is 25.9. The summed E-state index contributed by atoms with van der Waals surface area (Å²) in [7, 11) is 0. The van der Waals surface area contributed by atoms with Crippen LogP contribution in [0.1, 0.15) is 157 Å². The fourth-order valence-corrected chi connectivity index (χ4v) is 12.8. The maximum absolute atomic E-state index is 13.2. The molecule has 4 aliphatic carbocycles. The highest BCUT2D eigenvalue weighted by Gasteiger charge is 2.64. The van der Waals surface area contributed by atoms with Gasteiger partial charge in [0.15, 0.2) is 0 Å². The number of nitrogens with zero attached hydrogens (tertiary/aromatic N) is 1. The molecule has 12 atom stereocenters. The van der Waals surface area contributed by atoms with E-state index in [4.69, 9.17) is 0 Å². The van der Waals surface area contributed by atoms with E-state index in [1.54, 1.807) is 0 Å². The number of hydrogen-bond donors (Lipinski definition) is 3. The van der Waals surface area contributed by atoms with Gasteiger partial charge in [-0.1, -0.05) is 102 Å². The average molecular weight is 773 g/mol. The number of aliphatic hydroxyl groups is 2. The van der Waals surface area contributed by atoms with E-state index in [1.807, 2.05) is 4.90 Å². The number of rotatable bonds is 19. The number of nitrogens with one attached hydrogen (secondary N) is 1. The van der Waals surface area contributed by atoms with Crippen molar-refractivity contribution in [1.82, 2.24) is 10.2 Å². The highest BCUT2D eigenvalue weighted by atomic mass is 16.3. The molecule has 314 valence electrons. The number of allylic oxidation sites excluding steroid dienone is 10. The van der Waals surface area contributed by atoms with Crippen molar-refractivity contribution in [2.45, 2.75) is 175 Å². The Morgan fingerprint density at radius 1 is 0.768 bits per heavy atom. The van der Waals surface area contributed by atoms with Crippen molar-refractivity contribution in [3.8, 4) is 0 Å². The molecule has 5 aliphatic rings. The Morgan fingerprint density at radius 3 is 2.05 bits per heavy atom. The zero-order chi connectivity index (χ0) is 40.1. The molecule has 5 fully saturated rings. The Kier molecular flexibility index (Phi) is 17.2. The lowest BCUT2D eigenvalue weighted by atomic mass is 9.41. The van der Waals surface area contributed by atoms with Crippen molar-refractivity contribution in [2.75, 3.05) is 13.1 Å². The molecular formula is C50H80N2O4. The highest BCUT2D eigenvalue weighted by molar-refractivity contribution is 5.78. The molecule has 1 unspecified atom stereocenters. The molecule has 0 aromatic carbocycles. The van der Waals surface area contributed by atoms with Crippen molar-refractivity contribution >= 4 is 11.8 Å². The number of fused-ring (bicyclic) bond motifs is 5. The summed E-state index contributed by atoms with van der Waals surface area (Å²) >= 11 is 0. The SMILES string of the molecule is CCC=CCC=CCC=CCC=CCC=CCCCC(=O)N1CC[C@@H](NC(=O)CC[C@@H](C)C2CC[C@H]3[C@@H]4[C@H](O)[C@H](CC)[C@@H]5C[C@H](O)CC[C@]5(C)[C@H]4CC[C@]23C)C1. The molecule has 56 heavy (non-hydrogen) atoms. The summed E-state index contributed by atoms with van der Waals surface area (Å²) in [6, 6.07) is 0.0572. The largest absolute Gasteiger partial charge is 0.393 e. The summed E-state index contributed by atoms with van der Waals surface area (Å²) in [6.45, 7) is 13.2. The quantitative estimate of drug-likeness (QED) is 0.0901. The van der Waals surface area contributed by atoms with Gasteiger partial charge in [-0.3, -0.25) is 9.59 Å². The molecule has 0 aromatic rings.